The number of fused-ring (bicyclic) bond motifs is 3. The number of carbonyl (C=O) groups is 3. The number of hydrogen-bond donors (Lipinski definition) is 5. The average Bonchev–Trinajstić information content (AvgIpc) is 3.99. The predicted octanol–water partition coefficient (Wildman–Crippen LogP) is 6.87. The Morgan fingerprint density at radius 2 is 1.68 bits per heavy atom. The van der Waals surface area contributed by atoms with Crippen LogP contribution in [0.2, 0.25) is 0 Å². The Balaban J connectivity index is 0.000000244. The van der Waals surface area contributed by atoms with Crippen molar-refractivity contribution in [1.82, 2.24) is 34.3 Å². The molecule has 0 bridgehead atoms. The monoisotopic (exact) mass is 872 g/mol. The summed E-state index contributed by atoms with van der Waals surface area (Å²) in [5.74, 6) is 1.22. The van der Waals surface area contributed by atoms with Crippen molar-refractivity contribution >= 4 is 64.3 Å². The molecule has 5 aliphatic rings. The Hall–Kier alpha value is -4.77. The van der Waals surface area contributed by atoms with Gasteiger partial charge in [0.05, 0.1) is 17.0 Å². The lowest BCUT2D eigenvalue weighted by molar-refractivity contribution is -0.118. The second-order valence-corrected chi connectivity index (χ2v) is 17.0. The van der Waals surface area contributed by atoms with Crippen molar-refractivity contribution in [1.29, 1.82) is 0 Å². The third-order valence-electron chi connectivity index (χ3n) is 11.6. The first kappa shape index (κ1) is 48.3. The molecule has 3 aliphatic heterocycles. The van der Waals surface area contributed by atoms with Crippen LogP contribution in [0.3, 0.4) is 0 Å². The summed E-state index contributed by atoms with van der Waals surface area (Å²) in [6.07, 6.45) is 14.2. The van der Waals surface area contributed by atoms with E-state index in [9.17, 15) is 14.4 Å². The second-order valence-electron chi connectivity index (χ2n) is 15.9. The Kier molecular flexibility index (Phi) is 18.8. The molecule has 5 heterocycles. The summed E-state index contributed by atoms with van der Waals surface area (Å²) < 4.78 is 4.31. The van der Waals surface area contributed by atoms with Gasteiger partial charge in [0.15, 0.2) is 5.82 Å². The number of aryl methyl sites for hydroxylation is 1. The van der Waals surface area contributed by atoms with Crippen molar-refractivity contribution in [2.24, 2.45) is 7.05 Å². The standard InChI is InChI=1S/C28H37N7O2S.C8H8N4O.C6H12O.2C2H6/c1-32-26-19-23(8-9-25(26)28(31-32)30-27(37)10-11-29-21-36)34-16-14-33(15-17-34)20-22-6-5-7-24(18-22)38-35-12-3-2-4-13-35;9-7-10-3-4-5(12-7)11-6(13)8(4)1-2-8;7-6-4-2-1-3-5-6;2*1-2/h5-9,18-19,21H,2-4,10-17,20H2,1H3,(H,29,36)(H,30,31,37);3H,1-2H2,(H3,9,10,11,12,13);6-7H,1-5H2;2*1-2H3. The van der Waals surface area contributed by atoms with Crippen molar-refractivity contribution in [2.75, 3.05) is 67.1 Å². The fourth-order valence-electron chi connectivity index (χ4n) is 8.10. The van der Waals surface area contributed by atoms with Crippen LogP contribution in [0.4, 0.5) is 23.3 Å². The first-order chi connectivity index (χ1) is 30.2. The zero-order valence-corrected chi connectivity index (χ0v) is 38.3. The van der Waals surface area contributed by atoms with Gasteiger partial charge in [-0.2, -0.15) is 10.1 Å². The van der Waals surface area contributed by atoms with Crippen LogP contribution < -0.4 is 26.6 Å². The average molecular weight is 872 g/mol. The maximum Gasteiger partial charge on any atom is 0.236 e. The molecule has 2 saturated carbocycles. The normalized spacial score (nSPS) is 18.0. The summed E-state index contributed by atoms with van der Waals surface area (Å²) in [7, 11) is 1.89. The summed E-state index contributed by atoms with van der Waals surface area (Å²) in [4.78, 5) is 48.3. The maximum absolute atomic E-state index is 12.2. The van der Waals surface area contributed by atoms with Gasteiger partial charge in [-0.25, -0.2) is 9.29 Å². The van der Waals surface area contributed by atoms with Crippen molar-refractivity contribution in [3.63, 3.8) is 0 Å². The van der Waals surface area contributed by atoms with Crippen molar-refractivity contribution in [3.8, 4) is 0 Å². The molecule has 0 unspecified atom stereocenters. The van der Waals surface area contributed by atoms with Crippen LogP contribution in [-0.2, 0) is 33.4 Å². The van der Waals surface area contributed by atoms with Crippen LogP contribution in [0.25, 0.3) is 10.9 Å². The van der Waals surface area contributed by atoms with Crippen LogP contribution in [0.5, 0.6) is 0 Å². The van der Waals surface area contributed by atoms with Gasteiger partial charge in [-0.15, -0.1) is 0 Å². The van der Waals surface area contributed by atoms with E-state index in [1.807, 2.05) is 57.4 Å². The lowest BCUT2D eigenvalue weighted by atomic mass is 9.98. The van der Waals surface area contributed by atoms with Gasteiger partial charge in [0.25, 0.3) is 0 Å². The van der Waals surface area contributed by atoms with Gasteiger partial charge in [0.2, 0.25) is 24.2 Å². The van der Waals surface area contributed by atoms with Gasteiger partial charge in [-0.1, -0.05) is 65.5 Å². The van der Waals surface area contributed by atoms with Crippen LogP contribution >= 0.6 is 11.9 Å². The maximum atomic E-state index is 12.2. The van der Waals surface area contributed by atoms with Gasteiger partial charge >= 0.3 is 0 Å². The molecule has 16 heteroatoms. The lowest BCUT2D eigenvalue weighted by Gasteiger charge is -2.36. The van der Waals surface area contributed by atoms with E-state index in [-0.39, 0.29) is 35.7 Å². The molecule has 1 spiro atoms. The molecule has 0 radical (unpaired) electrons. The minimum Gasteiger partial charge on any atom is -0.393 e. The van der Waals surface area contributed by atoms with E-state index in [4.69, 9.17) is 10.8 Å². The smallest absolute Gasteiger partial charge is 0.236 e. The highest BCUT2D eigenvalue weighted by molar-refractivity contribution is 7.97. The highest BCUT2D eigenvalue weighted by Gasteiger charge is 2.57. The Morgan fingerprint density at radius 3 is 2.34 bits per heavy atom. The zero-order chi connectivity index (χ0) is 44.5. The fraction of sp³-hybridized carbons (Fsp3) is 0.565. The van der Waals surface area contributed by atoms with E-state index >= 15 is 0 Å². The Labute approximate surface area is 372 Å². The molecule has 62 heavy (non-hydrogen) atoms. The van der Waals surface area contributed by atoms with Crippen molar-refractivity contribution in [2.45, 2.75) is 121 Å². The van der Waals surface area contributed by atoms with E-state index in [1.165, 1.54) is 67.8 Å². The lowest BCUT2D eigenvalue weighted by Crippen LogP contribution is -2.45. The number of aromatic nitrogens is 4. The largest absolute Gasteiger partial charge is 0.393 e. The van der Waals surface area contributed by atoms with E-state index < -0.39 is 0 Å². The summed E-state index contributed by atoms with van der Waals surface area (Å²) >= 11 is 1.91. The van der Waals surface area contributed by atoms with Gasteiger partial charge < -0.3 is 31.7 Å². The first-order valence-corrected chi connectivity index (χ1v) is 23.5. The molecule has 2 aliphatic carbocycles. The molecule has 2 aromatic heterocycles. The number of nitrogen functional groups attached to an aromatic ring is 1. The molecule has 4 aromatic rings. The van der Waals surface area contributed by atoms with Crippen molar-refractivity contribution in [3.05, 3.63) is 59.8 Å². The number of carbonyl (C=O) groups excluding carboxylic acids is 3. The molecule has 2 saturated heterocycles. The minimum atomic E-state index is -0.303. The molecule has 6 N–H and O–H groups in total. The summed E-state index contributed by atoms with van der Waals surface area (Å²) in [6, 6.07) is 15.3. The second kappa shape index (κ2) is 24.2. The van der Waals surface area contributed by atoms with Crippen LogP contribution in [0.1, 0.15) is 109 Å². The van der Waals surface area contributed by atoms with Crippen LogP contribution in [0, 0.1) is 0 Å². The quantitative estimate of drug-likeness (QED) is 0.0634. The highest BCUT2D eigenvalue weighted by atomic mass is 32.2. The number of nitrogens with one attached hydrogen (secondary N) is 3. The number of nitrogens with zero attached hydrogens (tertiary/aromatic N) is 7. The van der Waals surface area contributed by atoms with E-state index in [0.29, 0.717) is 24.6 Å². The van der Waals surface area contributed by atoms with E-state index in [0.717, 1.165) is 74.9 Å². The molecule has 0 atom stereocenters. The first-order valence-electron chi connectivity index (χ1n) is 22.8. The van der Waals surface area contributed by atoms with Crippen LogP contribution in [-0.4, -0.2) is 104 Å². The Morgan fingerprint density at radius 1 is 0.968 bits per heavy atom. The van der Waals surface area contributed by atoms with Gasteiger partial charge in [0, 0.05) is 93.6 Å². The number of benzene rings is 2. The topological polar surface area (TPSA) is 187 Å². The van der Waals surface area contributed by atoms with Gasteiger partial charge in [-0.3, -0.25) is 24.0 Å². The number of amides is 3. The van der Waals surface area contributed by atoms with Crippen LogP contribution in [0.15, 0.2) is 53.6 Å². The number of aliphatic hydroxyl groups excluding tert-OH is 1. The van der Waals surface area contributed by atoms with E-state index in [1.54, 1.807) is 6.20 Å². The Bertz CT molecular complexity index is 2040. The molecule has 4 fully saturated rings. The number of rotatable bonds is 10. The summed E-state index contributed by atoms with van der Waals surface area (Å²) in [6.45, 7) is 15.6. The number of anilines is 4. The third-order valence-corrected chi connectivity index (χ3v) is 12.7. The number of piperidine rings is 1. The molecular formula is C46H69N11O4S. The number of nitrogens with two attached hydrogens (primary N) is 1. The molecule has 3 amide bonds. The molecule has 15 nitrogen and oxygen atoms in total. The molecular weight excluding hydrogens is 803 g/mol. The number of hydrogen-bond acceptors (Lipinski definition) is 12. The highest BCUT2D eigenvalue weighted by Crippen LogP contribution is 2.54. The number of piperazine rings is 1. The predicted molar refractivity (Wildman–Crippen MR) is 251 cm³/mol. The molecule has 338 valence electrons. The zero-order valence-electron chi connectivity index (χ0n) is 37.5. The SMILES string of the molecule is CC.CC.Cn1nc(NC(=O)CCNC=O)c2ccc(N3CCN(Cc4cccc(SN5CCCCC5)c4)CC3)cc21.Nc1ncc2c(n1)NC(=O)C21CC1.OC1CCCCC1. The fourth-order valence-corrected chi connectivity index (χ4v) is 9.18. The van der Waals surface area contributed by atoms with Gasteiger partial charge in [0.1, 0.15) is 5.82 Å². The van der Waals surface area contributed by atoms with Gasteiger partial charge in [-0.05, 0) is 86.4 Å². The molecule has 2 aromatic carbocycles. The molecule has 9 rings (SSSR count). The number of aliphatic hydroxyl groups is 1. The van der Waals surface area contributed by atoms with Crippen molar-refractivity contribution < 1.29 is 19.5 Å². The third kappa shape index (κ3) is 13.1. The minimum absolute atomic E-state index is 0.0359. The summed E-state index contributed by atoms with van der Waals surface area (Å²) in [5.41, 5.74) is 9.56. The van der Waals surface area contributed by atoms with E-state index in [2.05, 4.69) is 81.5 Å². The summed E-state index contributed by atoms with van der Waals surface area (Å²) in [5, 5.41) is 22.4.